The zero-order chi connectivity index (χ0) is 10.0. The lowest BCUT2D eigenvalue weighted by molar-refractivity contribution is 0.187. The van der Waals surface area contributed by atoms with E-state index in [4.69, 9.17) is 5.41 Å². The zero-order valence-corrected chi connectivity index (χ0v) is 8.42. The molecule has 0 spiro atoms. The molecule has 0 aromatic heterocycles. The second kappa shape index (κ2) is 3.77. The molecular formula is C9H17N3O. The van der Waals surface area contributed by atoms with Gasteiger partial charge in [-0.1, -0.05) is 13.3 Å². The van der Waals surface area contributed by atoms with E-state index in [1.54, 1.807) is 4.90 Å². The largest absolute Gasteiger partial charge is 0.323 e. The SMILES string of the molecule is CCCC1C(=N)NC(=O)N1C(C)C. The van der Waals surface area contributed by atoms with E-state index in [0.29, 0.717) is 5.84 Å². The van der Waals surface area contributed by atoms with Gasteiger partial charge >= 0.3 is 6.03 Å². The van der Waals surface area contributed by atoms with Gasteiger partial charge in [0.1, 0.15) is 5.84 Å². The Bertz CT molecular complexity index is 225. The number of hydrogen-bond donors (Lipinski definition) is 2. The highest BCUT2D eigenvalue weighted by molar-refractivity contribution is 6.05. The topological polar surface area (TPSA) is 56.2 Å². The number of amidine groups is 1. The first-order valence-electron chi connectivity index (χ1n) is 4.75. The minimum absolute atomic E-state index is 0.0301. The van der Waals surface area contributed by atoms with Crippen molar-refractivity contribution in [3.63, 3.8) is 0 Å². The second-order valence-corrected chi connectivity index (χ2v) is 3.65. The van der Waals surface area contributed by atoms with Crippen molar-refractivity contribution < 1.29 is 4.79 Å². The summed E-state index contributed by atoms with van der Waals surface area (Å²) in [7, 11) is 0. The molecule has 13 heavy (non-hydrogen) atoms. The van der Waals surface area contributed by atoms with Crippen LogP contribution in [0.25, 0.3) is 0 Å². The third-order valence-corrected chi connectivity index (χ3v) is 2.26. The molecule has 1 saturated heterocycles. The van der Waals surface area contributed by atoms with Crippen molar-refractivity contribution in [2.24, 2.45) is 0 Å². The van der Waals surface area contributed by atoms with Crippen molar-refractivity contribution in [1.29, 1.82) is 5.41 Å². The van der Waals surface area contributed by atoms with Gasteiger partial charge in [0.15, 0.2) is 0 Å². The highest BCUT2D eigenvalue weighted by Crippen LogP contribution is 2.16. The maximum Gasteiger partial charge on any atom is 0.323 e. The highest BCUT2D eigenvalue weighted by atomic mass is 16.2. The van der Waals surface area contributed by atoms with Crippen LogP contribution in [0.2, 0.25) is 0 Å². The molecule has 1 unspecified atom stereocenters. The summed E-state index contributed by atoms with van der Waals surface area (Å²) in [6.45, 7) is 6.01. The standard InChI is InChI=1S/C9H17N3O/c1-4-5-7-8(10)11-9(13)12(7)6(2)3/h6-7H,4-5H2,1-3H3,(H2,10,11,13). The Morgan fingerprint density at radius 1 is 1.62 bits per heavy atom. The minimum atomic E-state index is -0.126. The molecule has 1 atom stereocenters. The summed E-state index contributed by atoms with van der Waals surface area (Å²) < 4.78 is 0. The smallest absolute Gasteiger partial charge is 0.312 e. The van der Waals surface area contributed by atoms with Crippen molar-refractivity contribution in [1.82, 2.24) is 10.2 Å². The lowest BCUT2D eigenvalue weighted by Crippen LogP contribution is -2.40. The van der Waals surface area contributed by atoms with Crippen LogP contribution >= 0.6 is 0 Å². The molecule has 0 saturated carbocycles. The molecule has 0 bridgehead atoms. The fourth-order valence-corrected chi connectivity index (χ4v) is 1.69. The number of carbonyl (C=O) groups is 1. The zero-order valence-electron chi connectivity index (χ0n) is 8.42. The van der Waals surface area contributed by atoms with Crippen LogP contribution in [0.4, 0.5) is 4.79 Å². The summed E-state index contributed by atoms with van der Waals surface area (Å²) in [5.74, 6) is 0.348. The molecule has 0 aromatic rings. The second-order valence-electron chi connectivity index (χ2n) is 3.65. The van der Waals surface area contributed by atoms with Crippen LogP contribution in [-0.4, -0.2) is 28.9 Å². The van der Waals surface area contributed by atoms with Crippen LogP contribution < -0.4 is 5.32 Å². The van der Waals surface area contributed by atoms with E-state index >= 15 is 0 Å². The molecular weight excluding hydrogens is 166 g/mol. The van der Waals surface area contributed by atoms with Gasteiger partial charge < -0.3 is 4.90 Å². The van der Waals surface area contributed by atoms with Gasteiger partial charge in [-0.2, -0.15) is 0 Å². The molecule has 1 aliphatic rings. The first-order valence-corrected chi connectivity index (χ1v) is 4.75. The summed E-state index contributed by atoms with van der Waals surface area (Å²) >= 11 is 0. The maximum atomic E-state index is 11.4. The van der Waals surface area contributed by atoms with Gasteiger partial charge in [0.2, 0.25) is 0 Å². The van der Waals surface area contributed by atoms with E-state index in [1.165, 1.54) is 0 Å². The van der Waals surface area contributed by atoms with Gasteiger partial charge in [-0.25, -0.2) is 4.79 Å². The summed E-state index contributed by atoms with van der Waals surface area (Å²) in [4.78, 5) is 13.1. The highest BCUT2D eigenvalue weighted by Gasteiger charge is 2.36. The van der Waals surface area contributed by atoms with Crippen molar-refractivity contribution in [2.45, 2.75) is 45.7 Å². The number of amides is 2. The van der Waals surface area contributed by atoms with Gasteiger partial charge in [-0.15, -0.1) is 0 Å². The van der Waals surface area contributed by atoms with Crippen molar-refractivity contribution >= 4 is 11.9 Å². The summed E-state index contributed by atoms with van der Waals surface area (Å²) in [5, 5.41) is 10.1. The Kier molecular flexibility index (Phi) is 2.90. The van der Waals surface area contributed by atoms with Gasteiger partial charge in [0.25, 0.3) is 0 Å². The molecule has 0 radical (unpaired) electrons. The monoisotopic (exact) mass is 183 g/mol. The molecule has 0 aromatic carbocycles. The van der Waals surface area contributed by atoms with E-state index in [1.807, 2.05) is 13.8 Å². The summed E-state index contributed by atoms with van der Waals surface area (Å²) in [6, 6.07) is 0.00958. The first-order chi connectivity index (χ1) is 6.07. The normalized spacial score (nSPS) is 22.8. The third kappa shape index (κ3) is 1.82. The van der Waals surface area contributed by atoms with Gasteiger partial charge in [0.05, 0.1) is 6.04 Å². The number of carbonyl (C=O) groups excluding carboxylic acids is 1. The maximum absolute atomic E-state index is 11.4. The Morgan fingerprint density at radius 2 is 2.23 bits per heavy atom. The van der Waals surface area contributed by atoms with Crippen LogP contribution in [0.3, 0.4) is 0 Å². The van der Waals surface area contributed by atoms with E-state index in [9.17, 15) is 4.79 Å². The lowest BCUT2D eigenvalue weighted by Gasteiger charge is -2.25. The number of nitrogens with one attached hydrogen (secondary N) is 2. The molecule has 1 aliphatic heterocycles. The lowest BCUT2D eigenvalue weighted by atomic mass is 10.1. The molecule has 1 rings (SSSR count). The van der Waals surface area contributed by atoms with Crippen LogP contribution in [0.1, 0.15) is 33.6 Å². The Labute approximate surface area is 78.8 Å². The molecule has 4 nitrogen and oxygen atoms in total. The van der Waals surface area contributed by atoms with Gasteiger partial charge in [0, 0.05) is 6.04 Å². The van der Waals surface area contributed by atoms with E-state index in [-0.39, 0.29) is 18.1 Å². The van der Waals surface area contributed by atoms with Crippen LogP contribution in [-0.2, 0) is 0 Å². The summed E-state index contributed by atoms with van der Waals surface area (Å²) in [5.41, 5.74) is 0. The Morgan fingerprint density at radius 3 is 2.69 bits per heavy atom. The predicted molar refractivity (Wildman–Crippen MR) is 51.9 cm³/mol. The van der Waals surface area contributed by atoms with Gasteiger partial charge in [-0.3, -0.25) is 10.7 Å². The van der Waals surface area contributed by atoms with Crippen LogP contribution in [0.15, 0.2) is 0 Å². The van der Waals surface area contributed by atoms with Crippen molar-refractivity contribution in [3.05, 3.63) is 0 Å². The minimum Gasteiger partial charge on any atom is -0.312 e. The van der Waals surface area contributed by atoms with Crippen molar-refractivity contribution in [2.75, 3.05) is 0 Å². The van der Waals surface area contributed by atoms with Crippen LogP contribution in [0.5, 0.6) is 0 Å². The summed E-state index contributed by atoms with van der Waals surface area (Å²) in [6.07, 6.45) is 1.86. The number of nitrogens with zero attached hydrogens (tertiary/aromatic N) is 1. The number of rotatable bonds is 3. The Hall–Kier alpha value is -1.06. The molecule has 1 heterocycles. The van der Waals surface area contributed by atoms with Crippen molar-refractivity contribution in [3.8, 4) is 0 Å². The fraction of sp³-hybridized carbons (Fsp3) is 0.778. The molecule has 2 N–H and O–H groups in total. The number of hydrogen-bond acceptors (Lipinski definition) is 2. The first kappa shape index (κ1) is 10.0. The molecule has 4 heteroatoms. The van der Waals surface area contributed by atoms with Crippen LogP contribution in [0, 0.1) is 5.41 Å². The third-order valence-electron chi connectivity index (χ3n) is 2.26. The fourth-order valence-electron chi connectivity index (χ4n) is 1.69. The predicted octanol–water partition coefficient (Wildman–Crippen LogP) is 1.57. The van der Waals surface area contributed by atoms with Gasteiger partial charge in [-0.05, 0) is 20.3 Å². The average molecular weight is 183 g/mol. The average Bonchev–Trinajstić information content (AvgIpc) is 2.27. The molecule has 1 fully saturated rings. The number of urea groups is 1. The van der Waals surface area contributed by atoms with E-state index in [2.05, 4.69) is 12.2 Å². The Balaban J connectivity index is 2.77. The van der Waals surface area contributed by atoms with E-state index in [0.717, 1.165) is 12.8 Å². The molecule has 2 amide bonds. The quantitative estimate of drug-likeness (QED) is 0.685. The van der Waals surface area contributed by atoms with E-state index < -0.39 is 0 Å². The molecule has 0 aliphatic carbocycles. The molecule has 74 valence electrons.